The van der Waals surface area contributed by atoms with Crippen molar-refractivity contribution in [2.45, 2.75) is 391 Å². The van der Waals surface area contributed by atoms with E-state index in [1.165, 1.54) is 13.8 Å². The van der Waals surface area contributed by atoms with E-state index in [-0.39, 0.29) is 105 Å². The SMILES string of the molecule is C=C(C)C(=O)OC1CC(C(CC)(CC)OCC(C)(C)O)C(C(CC)(CC)OCC(C)(O)C(F)(F)F)C1.C=C(C)C(=O)OC1CC(C(CC)(CC)OCC(C)(C)O)CC(C(CC)(CC)OCC(O)(C(F)(F)F)C(F)(F)F)C1.C=C(C)C(=O)OC1CC(C(CC)(CC)OCC(C)(O)C(F)(F)F)CC1C(CC)(CC)OCC(C)(O)C(F)(F)F. The summed E-state index contributed by atoms with van der Waals surface area (Å²) < 4.78 is 254. The Morgan fingerprint density at radius 2 is 0.522 bits per heavy atom. The molecular weight excluding hydrogens is 1560 g/mol. The van der Waals surface area contributed by atoms with Crippen molar-refractivity contribution in [3.8, 4) is 0 Å². The van der Waals surface area contributed by atoms with Crippen LogP contribution in [0, 0.1) is 35.5 Å². The second kappa shape index (κ2) is 41.8. The second-order valence-electron chi connectivity index (χ2n) is 34.1. The molecule has 12 atom stereocenters. The predicted molar refractivity (Wildman–Crippen MR) is 403 cm³/mol. The fourth-order valence-electron chi connectivity index (χ4n) is 16.3. The number of hydrogen-bond donors (Lipinski definition) is 6. The van der Waals surface area contributed by atoms with Crippen LogP contribution >= 0.6 is 0 Å². The van der Waals surface area contributed by atoms with Crippen LogP contribution in [0.3, 0.4) is 0 Å². The zero-order valence-corrected chi connectivity index (χ0v) is 71.7. The first-order valence-corrected chi connectivity index (χ1v) is 40.1. The maximum absolute atomic E-state index is 13.4. The van der Waals surface area contributed by atoms with Gasteiger partial charge in [0.25, 0.3) is 5.60 Å². The lowest BCUT2D eigenvalue weighted by Crippen LogP contribution is -2.62. The highest BCUT2D eigenvalue weighted by molar-refractivity contribution is 5.88. The zero-order valence-electron chi connectivity index (χ0n) is 71.7. The van der Waals surface area contributed by atoms with Gasteiger partial charge in [-0.3, -0.25) is 0 Å². The minimum atomic E-state index is -6.02. The van der Waals surface area contributed by atoms with Gasteiger partial charge in [0.2, 0.25) is 0 Å². The molecule has 12 unspecified atom stereocenters. The molecule has 3 aliphatic carbocycles. The van der Waals surface area contributed by atoms with Crippen LogP contribution in [-0.4, -0.2) is 205 Å². The van der Waals surface area contributed by atoms with E-state index in [2.05, 4.69) is 19.7 Å². The highest BCUT2D eigenvalue weighted by Gasteiger charge is 2.72. The van der Waals surface area contributed by atoms with Crippen LogP contribution in [0.4, 0.5) is 65.9 Å². The number of carbonyl (C=O) groups excluding carboxylic acids is 3. The van der Waals surface area contributed by atoms with E-state index in [9.17, 15) is 111 Å². The lowest BCUT2D eigenvalue weighted by molar-refractivity contribution is -0.384. The van der Waals surface area contributed by atoms with Crippen molar-refractivity contribution in [3.05, 3.63) is 36.5 Å². The first-order valence-electron chi connectivity index (χ1n) is 40.1. The number of halogens is 15. The third-order valence-electron chi connectivity index (χ3n) is 24.7. The van der Waals surface area contributed by atoms with Crippen LogP contribution in [0.25, 0.3) is 0 Å². The topological polar surface area (TPSA) is 256 Å². The smallest absolute Gasteiger partial charge is 0.428 e. The van der Waals surface area contributed by atoms with Crippen molar-refractivity contribution in [3.63, 3.8) is 0 Å². The van der Waals surface area contributed by atoms with E-state index in [1.807, 2.05) is 41.5 Å². The zero-order chi connectivity index (χ0) is 90.2. The molecule has 6 N–H and O–H groups in total. The first kappa shape index (κ1) is 109. The third-order valence-corrected chi connectivity index (χ3v) is 24.7. The summed E-state index contributed by atoms with van der Waals surface area (Å²) in [6.45, 7) is 40.3. The van der Waals surface area contributed by atoms with Crippen LogP contribution in [-0.2, 0) is 57.0 Å². The van der Waals surface area contributed by atoms with E-state index >= 15 is 0 Å². The number of aliphatic hydroxyl groups is 6. The van der Waals surface area contributed by atoms with Crippen molar-refractivity contribution >= 4 is 17.9 Å². The molecule has 0 heterocycles. The van der Waals surface area contributed by atoms with Gasteiger partial charge in [-0.1, -0.05) is 103 Å². The van der Waals surface area contributed by atoms with Gasteiger partial charge in [-0.05, 0) is 221 Å². The van der Waals surface area contributed by atoms with Crippen LogP contribution in [0.15, 0.2) is 36.5 Å². The normalized spacial score (nSPS) is 23.1. The van der Waals surface area contributed by atoms with Gasteiger partial charge in [-0.15, -0.1) is 0 Å². The largest absolute Gasteiger partial charge is 0.459 e. The monoisotopic (exact) mass is 1690 g/mol. The number of rotatable bonds is 42. The van der Waals surface area contributed by atoms with Crippen molar-refractivity contribution in [1.82, 2.24) is 0 Å². The van der Waals surface area contributed by atoms with Gasteiger partial charge in [0.05, 0.1) is 84.4 Å². The molecule has 678 valence electrons. The molecule has 0 saturated heterocycles. The Balaban J connectivity index is 0.000000864. The maximum atomic E-state index is 13.4. The highest BCUT2D eigenvalue weighted by Crippen LogP contribution is 2.56. The Morgan fingerprint density at radius 1 is 0.296 bits per heavy atom. The fourth-order valence-corrected chi connectivity index (χ4v) is 16.3. The summed E-state index contributed by atoms with van der Waals surface area (Å²) in [5.74, 6) is -4.56. The van der Waals surface area contributed by atoms with Gasteiger partial charge >= 0.3 is 48.8 Å². The molecule has 0 spiro atoms. The molecule has 0 aromatic rings. The van der Waals surface area contributed by atoms with Crippen molar-refractivity contribution in [2.24, 2.45) is 35.5 Å². The van der Waals surface area contributed by atoms with Crippen LogP contribution in [0.2, 0.25) is 0 Å². The standard InChI is InChI=1S/C28H46F6O6.C27H44F6O6.C27H47F3O6/c1-9-24(10-2,38-16-23(7,8)36)19-13-20(15-21(14-19)40-22(35)18(5)6)25(11-3,12-4)39-17-26(37,27(29,30)31)28(32,33)34;1-9-24(10-2,37-15-22(7,35)26(28,29)30)18-13-19(20(14-18)39-21(34)17(5)6)25(11-3,12-4)38-16-23(8,36)27(31,32)33;1-10-25(11-2,34-16-23(7,8)32)20-14-19(36-22(31)18(5)6)15-21(20)26(12-3,13-4)35-17-24(9,33)27(28,29)30/h19-21,36-37H,5,9-17H2,1-4,6-8H3;18-20,35-36H,5,9-16H2,1-4,6-8H3;19-21,32-33H,5,10-17H2,1-4,6-9H3. The molecule has 0 amide bonds. The van der Waals surface area contributed by atoms with Crippen molar-refractivity contribution in [2.75, 3.05) is 39.6 Å². The summed E-state index contributed by atoms with van der Waals surface area (Å²) in [4.78, 5) is 37.3. The molecule has 115 heavy (non-hydrogen) atoms. The summed E-state index contributed by atoms with van der Waals surface area (Å²) in [5, 5.41) is 60.5. The van der Waals surface area contributed by atoms with Gasteiger partial charge < -0.3 is 73.3 Å². The van der Waals surface area contributed by atoms with Gasteiger partial charge in [0.15, 0.2) is 16.8 Å². The number of alkyl halides is 15. The molecule has 0 aromatic heterocycles. The third kappa shape index (κ3) is 27.8. The average molecular weight is 1700 g/mol. The molecule has 0 aromatic carbocycles. The first-order chi connectivity index (χ1) is 52.0. The molecular formula is C82H137F15O18. The Bertz CT molecular complexity index is 3020. The summed E-state index contributed by atoms with van der Waals surface area (Å²) in [7, 11) is 0. The summed E-state index contributed by atoms with van der Waals surface area (Å²) >= 11 is 0. The van der Waals surface area contributed by atoms with Gasteiger partial charge in [0.1, 0.15) is 18.3 Å². The Labute approximate surface area is 671 Å². The number of ether oxygens (including phenoxy) is 9. The fraction of sp³-hybridized carbons (Fsp3) is 0.890. The maximum Gasteiger partial charge on any atom is 0.428 e. The van der Waals surface area contributed by atoms with Crippen LogP contribution in [0.5, 0.6) is 0 Å². The van der Waals surface area contributed by atoms with E-state index in [0.29, 0.717) is 85.0 Å². The average Bonchev–Trinajstić information content (AvgIpc) is 1.76. The molecule has 18 nitrogen and oxygen atoms in total. The van der Waals surface area contributed by atoms with E-state index in [1.54, 1.807) is 76.2 Å². The van der Waals surface area contributed by atoms with Gasteiger partial charge in [-0.2, -0.15) is 65.9 Å². The summed E-state index contributed by atoms with van der Waals surface area (Å²) in [5.41, 5.74) is -22.5. The van der Waals surface area contributed by atoms with E-state index in [0.717, 1.165) is 0 Å². The quantitative estimate of drug-likeness (QED) is 0.0144. The molecule has 3 fully saturated rings. The lowest BCUT2D eigenvalue weighted by Gasteiger charge is -2.51. The Morgan fingerprint density at radius 3 is 0.774 bits per heavy atom. The molecule has 3 aliphatic rings. The van der Waals surface area contributed by atoms with Gasteiger partial charge in [-0.25, -0.2) is 14.4 Å². The molecule has 3 saturated carbocycles. The summed E-state index contributed by atoms with van der Waals surface area (Å²) in [6, 6.07) is 0. The van der Waals surface area contributed by atoms with Crippen molar-refractivity contribution in [1.29, 1.82) is 0 Å². The number of esters is 3. The van der Waals surface area contributed by atoms with E-state index in [4.69, 9.17) is 42.6 Å². The van der Waals surface area contributed by atoms with E-state index < -0.39 is 178 Å². The Hall–Kier alpha value is -3.90. The lowest BCUT2D eigenvalue weighted by atomic mass is 9.64. The number of hydrogen-bond acceptors (Lipinski definition) is 18. The highest BCUT2D eigenvalue weighted by atomic mass is 19.4. The Kier molecular flexibility index (Phi) is 39.6. The predicted octanol–water partition coefficient (Wildman–Crippen LogP) is 18.7. The molecule has 33 heteroatoms. The molecule has 3 rings (SSSR count). The molecule has 0 bridgehead atoms. The minimum absolute atomic E-state index is 0.0144. The number of carbonyl (C=O) groups is 3. The second-order valence-corrected chi connectivity index (χ2v) is 34.1. The summed E-state index contributed by atoms with van der Waals surface area (Å²) in [6.07, 6.45) is -22.9. The van der Waals surface area contributed by atoms with Crippen LogP contribution < -0.4 is 0 Å². The van der Waals surface area contributed by atoms with Crippen molar-refractivity contribution < 1.29 is 154 Å². The van der Waals surface area contributed by atoms with Crippen LogP contribution in [0.1, 0.15) is 274 Å². The minimum Gasteiger partial charge on any atom is -0.459 e. The molecule has 0 radical (unpaired) electrons. The van der Waals surface area contributed by atoms with Gasteiger partial charge in [0, 0.05) is 22.6 Å². The molecule has 0 aliphatic heterocycles.